The molecule has 2 aromatic heterocycles. The molecule has 0 saturated carbocycles. The topological polar surface area (TPSA) is 103 Å². The van der Waals surface area contributed by atoms with Gasteiger partial charge < -0.3 is 15.4 Å². The van der Waals surface area contributed by atoms with Crippen LogP contribution in [0.4, 0.5) is 0 Å². The highest BCUT2D eigenvalue weighted by molar-refractivity contribution is 5.85. The first-order valence-electron chi connectivity index (χ1n) is 13.5. The van der Waals surface area contributed by atoms with Crippen molar-refractivity contribution in [3.05, 3.63) is 94.2 Å². The van der Waals surface area contributed by atoms with E-state index in [0.717, 1.165) is 67.4 Å². The molecule has 2 aliphatic rings. The second kappa shape index (κ2) is 12.9. The van der Waals surface area contributed by atoms with Crippen molar-refractivity contribution < 1.29 is 9.90 Å². The molecule has 40 heavy (non-hydrogen) atoms. The van der Waals surface area contributed by atoms with Crippen molar-refractivity contribution in [1.29, 1.82) is 0 Å². The maximum atomic E-state index is 13.2. The summed E-state index contributed by atoms with van der Waals surface area (Å²) in [6.45, 7) is 1.90. The number of carbonyl (C=O) groups is 1. The van der Waals surface area contributed by atoms with Crippen LogP contribution in [-0.4, -0.2) is 56.1 Å². The number of aromatic nitrogens is 3. The normalized spacial score (nSPS) is 19.3. The number of aromatic amines is 1. The van der Waals surface area contributed by atoms with Crippen LogP contribution in [0.5, 0.6) is 5.75 Å². The number of hydrogen-bond acceptors (Lipinski definition) is 5. The van der Waals surface area contributed by atoms with Gasteiger partial charge in [-0.05, 0) is 79.1 Å². The zero-order valence-corrected chi connectivity index (χ0v) is 23.8. The van der Waals surface area contributed by atoms with E-state index in [2.05, 4.69) is 26.3 Å². The molecule has 2 unspecified atom stereocenters. The molecule has 1 fully saturated rings. The fraction of sp³-hybridized carbons (Fsp3) is 0.367. The first-order chi connectivity index (χ1) is 18.5. The average molecular weight is 585 g/mol. The van der Waals surface area contributed by atoms with Gasteiger partial charge in [0.15, 0.2) is 0 Å². The van der Waals surface area contributed by atoms with Crippen molar-refractivity contribution in [2.45, 2.75) is 50.1 Å². The first-order valence-corrected chi connectivity index (χ1v) is 13.5. The molecule has 3 N–H and O–H groups in total. The van der Waals surface area contributed by atoms with E-state index in [1.54, 1.807) is 12.3 Å². The van der Waals surface area contributed by atoms with E-state index in [0.29, 0.717) is 6.54 Å². The molecule has 0 spiro atoms. The van der Waals surface area contributed by atoms with Crippen LogP contribution in [0.25, 0.3) is 11.0 Å². The number of nitrogens with zero attached hydrogens (tertiary/aromatic N) is 3. The number of aryl methyl sites for hydroxylation is 1. The van der Waals surface area contributed by atoms with Crippen LogP contribution in [0.3, 0.4) is 0 Å². The lowest BCUT2D eigenvalue weighted by Crippen LogP contribution is -2.48. The third-order valence-electron chi connectivity index (χ3n) is 8.17. The maximum Gasteiger partial charge on any atom is 0.326 e. The Bertz CT molecular complexity index is 1500. The first kappa shape index (κ1) is 29.6. The summed E-state index contributed by atoms with van der Waals surface area (Å²) >= 11 is 0. The van der Waals surface area contributed by atoms with E-state index in [9.17, 15) is 14.7 Å². The van der Waals surface area contributed by atoms with Crippen molar-refractivity contribution in [2.75, 3.05) is 19.6 Å². The third-order valence-corrected chi connectivity index (χ3v) is 8.17. The lowest BCUT2D eigenvalue weighted by Gasteiger charge is -2.36. The smallest absolute Gasteiger partial charge is 0.326 e. The summed E-state index contributed by atoms with van der Waals surface area (Å²) in [7, 11) is 0. The number of likely N-dealkylation sites (tertiary alicyclic amines) is 1. The molecule has 1 saturated heterocycles. The van der Waals surface area contributed by atoms with Gasteiger partial charge in [0.05, 0.1) is 17.6 Å². The zero-order chi connectivity index (χ0) is 26.1. The lowest BCUT2D eigenvalue weighted by atomic mass is 9.76. The van der Waals surface area contributed by atoms with Crippen molar-refractivity contribution in [3.8, 4) is 5.75 Å². The summed E-state index contributed by atoms with van der Waals surface area (Å²) in [5, 5.41) is 13.3. The number of phenols is 1. The Balaban J connectivity index is 0.00000185. The molecule has 10 heteroatoms. The minimum absolute atomic E-state index is 0. The van der Waals surface area contributed by atoms with Crippen LogP contribution in [0, 0.1) is 0 Å². The molecule has 212 valence electrons. The third kappa shape index (κ3) is 6.19. The minimum Gasteiger partial charge on any atom is -0.508 e. The number of fused-ring (bicyclic) bond motifs is 2. The highest BCUT2D eigenvalue weighted by atomic mass is 35.5. The lowest BCUT2D eigenvalue weighted by molar-refractivity contribution is -0.123. The Hall–Kier alpha value is -3.33. The highest BCUT2D eigenvalue weighted by Gasteiger charge is 2.32. The van der Waals surface area contributed by atoms with Crippen LogP contribution >= 0.6 is 24.8 Å². The van der Waals surface area contributed by atoms with Crippen LogP contribution in [-0.2, 0) is 17.6 Å². The number of rotatable bonds is 6. The predicted molar refractivity (Wildman–Crippen MR) is 161 cm³/mol. The molecule has 4 aromatic rings. The van der Waals surface area contributed by atoms with Crippen molar-refractivity contribution in [1.82, 2.24) is 24.8 Å². The van der Waals surface area contributed by atoms with Gasteiger partial charge in [0.2, 0.25) is 5.91 Å². The average Bonchev–Trinajstić information content (AvgIpc) is 3.26. The second-order valence-corrected chi connectivity index (χ2v) is 10.6. The molecule has 2 aromatic carbocycles. The molecular weight excluding hydrogens is 549 g/mol. The van der Waals surface area contributed by atoms with Gasteiger partial charge in [0.1, 0.15) is 5.75 Å². The Morgan fingerprint density at radius 3 is 2.62 bits per heavy atom. The van der Waals surface area contributed by atoms with Gasteiger partial charge in [-0.25, -0.2) is 4.79 Å². The number of pyridine rings is 1. The van der Waals surface area contributed by atoms with Gasteiger partial charge in [-0.15, -0.1) is 24.8 Å². The number of aromatic hydroxyl groups is 1. The van der Waals surface area contributed by atoms with Crippen molar-refractivity contribution in [3.63, 3.8) is 0 Å². The number of hydrogen-bond donors (Lipinski definition) is 3. The molecule has 0 bridgehead atoms. The highest BCUT2D eigenvalue weighted by Crippen LogP contribution is 2.36. The molecule has 0 radical (unpaired) electrons. The van der Waals surface area contributed by atoms with Crippen LogP contribution in [0.1, 0.15) is 47.9 Å². The summed E-state index contributed by atoms with van der Waals surface area (Å²) in [5.74, 6) is 0.438. The van der Waals surface area contributed by atoms with Gasteiger partial charge in [0, 0.05) is 43.5 Å². The van der Waals surface area contributed by atoms with E-state index >= 15 is 0 Å². The number of imidazole rings is 1. The quantitative estimate of drug-likeness (QED) is 0.313. The molecule has 8 nitrogen and oxygen atoms in total. The number of halogens is 2. The van der Waals surface area contributed by atoms with Crippen molar-refractivity contribution >= 4 is 41.8 Å². The van der Waals surface area contributed by atoms with Gasteiger partial charge >= 0.3 is 5.69 Å². The number of amides is 1. The number of H-pyrrole nitrogens is 1. The van der Waals surface area contributed by atoms with Gasteiger partial charge in [-0.1, -0.05) is 24.3 Å². The van der Waals surface area contributed by atoms with Gasteiger partial charge in [-0.3, -0.25) is 19.2 Å². The SMILES string of the molecule is Cl.Cl.O=C(CN1CCC(n2c(=O)[nH]c3ccccc32)CC1)NC1CCc2cc(O)ccc2C1Cc1cccnc1. The molecule has 3 heterocycles. The van der Waals surface area contributed by atoms with E-state index in [4.69, 9.17) is 0 Å². The number of carbonyl (C=O) groups excluding carboxylic acids is 1. The maximum absolute atomic E-state index is 13.2. The number of phenolic OH excluding ortho intramolecular Hbond substituents is 1. The predicted octanol–water partition coefficient (Wildman–Crippen LogP) is 4.37. The molecular formula is C30H35Cl2N5O3. The molecule has 2 atom stereocenters. The van der Waals surface area contributed by atoms with E-state index < -0.39 is 0 Å². The summed E-state index contributed by atoms with van der Waals surface area (Å²) < 4.78 is 1.88. The Kier molecular flexibility index (Phi) is 9.56. The summed E-state index contributed by atoms with van der Waals surface area (Å²) in [5.41, 5.74) is 5.22. The fourth-order valence-electron chi connectivity index (χ4n) is 6.33. The largest absolute Gasteiger partial charge is 0.508 e. The van der Waals surface area contributed by atoms with E-state index in [1.807, 2.05) is 53.2 Å². The minimum atomic E-state index is -0.0621. The summed E-state index contributed by atoms with van der Waals surface area (Å²) in [6.07, 6.45) is 7.76. The molecule has 1 aliphatic heterocycles. The molecule has 1 amide bonds. The summed E-state index contributed by atoms with van der Waals surface area (Å²) in [4.78, 5) is 35.2. The van der Waals surface area contributed by atoms with Crippen molar-refractivity contribution in [2.24, 2.45) is 0 Å². The van der Waals surface area contributed by atoms with E-state index in [1.165, 1.54) is 5.56 Å². The van der Waals surface area contributed by atoms with E-state index in [-0.39, 0.29) is 60.2 Å². The monoisotopic (exact) mass is 583 g/mol. The number of nitrogens with one attached hydrogen (secondary N) is 2. The standard InChI is InChI=1S/C30H33N5O3.2ClH/c36-23-8-9-24-21(17-23)7-10-26(25(24)16-20-4-3-13-31-18-20)32-29(37)19-34-14-11-22(12-15-34)35-28-6-2-1-5-27(28)33-30(35)38;;/h1-6,8-9,13,17-18,22,25-26,36H,7,10-12,14-16,19H2,(H,32,37)(H,33,38);2*1H. The summed E-state index contributed by atoms with van der Waals surface area (Å²) in [6, 6.07) is 17.6. The Labute approximate surface area is 245 Å². The number of piperidine rings is 1. The Morgan fingerprint density at radius 2 is 1.85 bits per heavy atom. The number of para-hydroxylation sites is 2. The van der Waals surface area contributed by atoms with Gasteiger partial charge in [-0.2, -0.15) is 0 Å². The fourth-order valence-corrected chi connectivity index (χ4v) is 6.33. The van der Waals surface area contributed by atoms with Gasteiger partial charge in [0.25, 0.3) is 0 Å². The second-order valence-electron chi connectivity index (χ2n) is 10.6. The molecule has 6 rings (SSSR count). The van der Waals surface area contributed by atoms with Crippen LogP contribution < -0.4 is 11.0 Å². The zero-order valence-electron chi connectivity index (χ0n) is 22.2. The number of benzene rings is 2. The van der Waals surface area contributed by atoms with Crippen LogP contribution in [0.15, 0.2) is 71.8 Å². The molecule has 1 aliphatic carbocycles. The Morgan fingerprint density at radius 1 is 1.05 bits per heavy atom. The van der Waals surface area contributed by atoms with Crippen LogP contribution in [0.2, 0.25) is 0 Å².